The van der Waals surface area contributed by atoms with Gasteiger partial charge in [-0.1, -0.05) is 35.4 Å². The number of hydrogen-bond acceptors (Lipinski definition) is 12. The Balaban J connectivity index is 1.93. The third kappa shape index (κ3) is 8.35. The lowest BCUT2D eigenvalue weighted by Gasteiger charge is -2.30. The molecule has 3 aromatic rings. The lowest BCUT2D eigenvalue weighted by molar-refractivity contribution is -0.193. The molecule has 12 nitrogen and oxygen atoms in total. The van der Waals surface area contributed by atoms with Gasteiger partial charge in [0, 0.05) is 10.7 Å². The molecule has 0 N–H and O–H groups in total. The number of halogens is 1. The number of carbonyl (C=O) groups excluding carboxylic acids is 2. The molecule has 0 spiro atoms. The van der Waals surface area contributed by atoms with Gasteiger partial charge in [-0.05, 0) is 69.3 Å². The van der Waals surface area contributed by atoms with Crippen LogP contribution in [0.1, 0.15) is 18.1 Å². The standard InChI is InChI=1S/C28H29ClO12S3/c1-4-38-27(31)28(43(34,35)24-13-7-21(3)8-14-24,41-22-9-15-25(16-10-22)44(29,36)37)40-19-26(30)39-17-18-42(32,33)23-11-5-20(2)6-12-23/h5-16H,4,17-19H2,1-3H3. The maximum Gasteiger partial charge on any atom is 0.421 e. The fourth-order valence-electron chi connectivity index (χ4n) is 3.61. The second-order valence-corrected chi connectivity index (χ2v) is 15.9. The molecular formula is C28H29ClO12S3. The molecule has 1 atom stereocenters. The molecule has 3 aromatic carbocycles. The second-order valence-electron chi connectivity index (χ2n) is 9.25. The van der Waals surface area contributed by atoms with Crippen molar-refractivity contribution in [3.63, 3.8) is 0 Å². The molecule has 0 amide bonds. The molecule has 0 saturated carbocycles. The van der Waals surface area contributed by atoms with Crippen LogP contribution in [0.25, 0.3) is 0 Å². The number of benzene rings is 3. The zero-order chi connectivity index (χ0) is 32.8. The summed E-state index contributed by atoms with van der Waals surface area (Å²) in [6.07, 6.45) is 0. The molecule has 3 rings (SSSR count). The first-order chi connectivity index (χ1) is 20.5. The first kappa shape index (κ1) is 35.0. The first-order valence-corrected chi connectivity index (χ1v) is 18.3. The van der Waals surface area contributed by atoms with Crippen molar-refractivity contribution in [2.24, 2.45) is 0 Å². The smallest absolute Gasteiger partial charge is 0.421 e. The van der Waals surface area contributed by atoms with Gasteiger partial charge in [-0.2, -0.15) is 0 Å². The highest BCUT2D eigenvalue weighted by atomic mass is 35.7. The lowest BCUT2D eigenvalue weighted by Crippen LogP contribution is -2.55. The van der Waals surface area contributed by atoms with Crippen LogP contribution < -0.4 is 4.74 Å². The molecule has 0 aliphatic rings. The van der Waals surface area contributed by atoms with E-state index in [9.17, 15) is 34.8 Å². The molecule has 0 fully saturated rings. The number of esters is 2. The minimum absolute atomic E-state index is 0.0160. The van der Waals surface area contributed by atoms with Crippen LogP contribution in [0.4, 0.5) is 0 Å². The van der Waals surface area contributed by atoms with Crippen LogP contribution in [-0.4, -0.2) is 67.9 Å². The Morgan fingerprint density at radius 1 is 0.727 bits per heavy atom. The van der Waals surface area contributed by atoms with Crippen molar-refractivity contribution in [3.8, 4) is 5.75 Å². The van der Waals surface area contributed by atoms with Crippen molar-refractivity contribution < 1.29 is 53.8 Å². The molecule has 0 saturated heterocycles. The summed E-state index contributed by atoms with van der Waals surface area (Å²) in [5.74, 6) is -3.72. The topological polar surface area (TPSA) is 173 Å². The largest absolute Gasteiger partial charge is 0.463 e. The normalized spacial score (nSPS) is 13.5. The van der Waals surface area contributed by atoms with Crippen molar-refractivity contribution in [2.75, 3.05) is 25.6 Å². The Kier molecular flexibility index (Phi) is 11.2. The van der Waals surface area contributed by atoms with Gasteiger partial charge in [-0.15, -0.1) is 0 Å². The van der Waals surface area contributed by atoms with E-state index in [2.05, 4.69) is 0 Å². The van der Waals surface area contributed by atoms with Gasteiger partial charge in [0.1, 0.15) is 12.4 Å². The molecule has 44 heavy (non-hydrogen) atoms. The second kappa shape index (κ2) is 14.1. The quantitative estimate of drug-likeness (QED) is 0.138. The fraction of sp³-hybridized carbons (Fsp3) is 0.286. The summed E-state index contributed by atoms with van der Waals surface area (Å²) in [6.45, 7) is 2.76. The third-order valence-corrected chi connectivity index (χ3v) is 11.0. The predicted octanol–water partition coefficient (Wildman–Crippen LogP) is 3.33. The average Bonchev–Trinajstić information content (AvgIpc) is 2.95. The van der Waals surface area contributed by atoms with Gasteiger partial charge in [0.15, 0.2) is 16.4 Å². The van der Waals surface area contributed by atoms with E-state index in [1.54, 1.807) is 26.0 Å². The van der Waals surface area contributed by atoms with Gasteiger partial charge in [0.05, 0.1) is 27.0 Å². The first-order valence-electron chi connectivity index (χ1n) is 12.8. The summed E-state index contributed by atoms with van der Waals surface area (Å²) in [7, 11) is -7.61. The number of ether oxygens (including phenoxy) is 4. The van der Waals surface area contributed by atoms with E-state index in [-0.39, 0.29) is 22.1 Å². The predicted molar refractivity (Wildman–Crippen MR) is 158 cm³/mol. The van der Waals surface area contributed by atoms with Crippen LogP contribution in [-0.2, 0) is 52.5 Å². The van der Waals surface area contributed by atoms with Crippen molar-refractivity contribution in [3.05, 3.63) is 83.9 Å². The summed E-state index contributed by atoms with van der Waals surface area (Å²) in [6, 6.07) is 15.3. The lowest BCUT2D eigenvalue weighted by atomic mass is 10.2. The Morgan fingerprint density at radius 3 is 1.73 bits per heavy atom. The molecule has 0 aliphatic heterocycles. The summed E-state index contributed by atoms with van der Waals surface area (Å²) >= 11 is 0. The molecule has 16 heteroatoms. The maximum atomic E-state index is 14.0. The summed E-state index contributed by atoms with van der Waals surface area (Å²) < 4.78 is 97.3. The van der Waals surface area contributed by atoms with E-state index in [4.69, 9.17) is 29.6 Å². The van der Waals surface area contributed by atoms with E-state index in [1.165, 1.54) is 43.3 Å². The van der Waals surface area contributed by atoms with E-state index in [0.29, 0.717) is 5.56 Å². The minimum atomic E-state index is -4.98. The summed E-state index contributed by atoms with van der Waals surface area (Å²) in [5, 5.41) is -3.33. The van der Waals surface area contributed by atoms with E-state index < -0.39 is 69.6 Å². The number of aryl methyl sites for hydroxylation is 2. The number of rotatable bonds is 14. The van der Waals surface area contributed by atoms with Crippen LogP contribution in [0, 0.1) is 13.8 Å². The highest BCUT2D eigenvalue weighted by molar-refractivity contribution is 8.13. The zero-order valence-electron chi connectivity index (χ0n) is 23.8. The van der Waals surface area contributed by atoms with Crippen molar-refractivity contribution in [1.29, 1.82) is 0 Å². The molecule has 0 heterocycles. The Hall–Kier alpha value is -3.50. The Morgan fingerprint density at radius 2 is 1.23 bits per heavy atom. The van der Waals surface area contributed by atoms with E-state index in [0.717, 1.165) is 29.8 Å². The van der Waals surface area contributed by atoms with Gasteiger partial charge in [-0.3, -0.25) is 0 Å². The van der Waals surface area contributed by atoms with Crippen molar-refractivity contribution in [2.45, 2.75) is 40.6 Å². The molecule has 1 unspecified atom stereocenters. The molecular weight excluding hydrogens is 660 g/mol. The number of carbonyl (C=O) groups is 2. The van der Waals surface area contributed by atoms with E-state index >= 15 is 0 Å². The summed E-state index contributed by atoms with van der Waals surface area (Å²) in [4.78, 5) is 25.2. The zero-order valence-corrected chi connectivity index (χ0v) is 27.0. The van der Waals surface area contributed by atoms with E-state index in [1.807, 2.05) is 0 Å². The Labute approximate surface area is 260 Å². The van der Waals surface area contributed by atoms with Crippen LogP contribution in [0.5, 0.6) is 5.75 Å². The average molecular weight is 689 g/mol. The highest BCUT2D eigenvalue weighted by Gasteiger charge is 2.58. The molecule has 238 valence electrons. The van der Waals surface area contributed by atoms with Gasteiger partial charge < -0.3 is 18.9 Å². The highest BCUT2D eigenvalue weighted by Crippen LogP contribution is 2.33. The number of hydrogen-bond donors (Lipinski definition) is 0. The van der Waals surface area contributed by atoms with Crippen molar-refractivity contribution >= 4 is 51.3 Å². The monoisotopic (exact) mass is 688 g/mol. The maximum absolute atomic E-state index is 14.0. The van der Waals surface area contributed by atoms with Crippen LogP contribution in [0.15, 0.2) is 87.5 Å². The van der Waals surface area contributed by atoms with Gasteiger partial charge in [-0.25, -0.2) is 34.8 Å². The molecule has 0 radical (unpaired) electrons. The molecule has 0 aliphatic carbocycles. The Bertz CT molecular complexity index is 1800. The minimum Gasteiger partial charge on any atom is -0.463 e. The van der Waals surface area contributed by atoms with Crippen LogP contribution in [0.2, 0.25) is 0 Å². The van der Waals surface area contributed by atoms with Gasteiger partial charge >= 0.3 is 17.1 Å². The SMILES string of the molecule is CCOC(=O)C(OCC(=O)OCCS(=O)(=O)c1ccc(C)cc1)(Oc1ccc(S(=O)(=O)Cl)cc1)S(=O)(=O)c1ccc(C)cc1. The summed E-state index contributed by atoms with van der Waals surface area (Å²) in [5.41, 5.74) is 1.54. The molecule has 0 aromatic heterocycles. The third-order valence-electron chi connectivity index (χ3n) is 5.94. The van der Waals surface area contributed by atoms with Crippen molar-refractivity contribution in [1.82, 2.24) is 0 Å². The fourth-order valence-corrected chi connectivity index (χ4v) is 6.98. The van der Waals surface area contributed by atoms with Gasteiger partial charge in [0.2, 0.25) is 0 Å². The van der Waals surface area contributed by atoms with Gasteiger partial charge in [0.25, 0.3) is 18.9 Å². The molecule has 0 bridgehead atoms. The number of sulfone groups is 2. The van der Waals surface area contributed by atoms with Crippen LogP contribution >= 0.6 is 10.7 Å². The van der Waals surface area contributed by atoms with Crippen LogP contribution in [0.3, 0.4) is 0 Å².